The van der Waals surface area contributed by atoms with Crippen LogP contribution in [0.25, 0.3) is 0 Å². The molecule has 2 aliphatic heterocycles. The highest BCUT2D eigenvalue weighted by atomic mass is 16.5. The molecule has 1 aromatic heterocycles. The Balaban J connectivity index is 1.57. The van der Waals surface area contributed by atoms with Crippen LogP contribution in [0.5, 0.6) is 0 Å². The van der Waals surface area contributed by atoms with Gasteiger partial charge in [0.05, 0.1) is 0 Å². The lowest BCUT2D eigenvalue weighted by molar-refractivity contribution is 0.0418. The number of anilines is 1. The highest BCUT2D eigenvalue weighted by Crippen LogP contribution is 2.32. The van der Waals surface area contributed by atoms with Crippen LogP contribution >= 0.6 is 0 Å². The van der Waals surface area contributed by atoms with Crippen LogP contribution in [-0.2, 0) is 4.74 Å². The fourth-order valence-corrected chi connectivity index (χ4v) is 3.49. The summed E-state index contributed by atoms with van der Waals surface area (Å²) in [6.07, 6.45) is 5.18. The van der Waals surface area contributed by atoms with Crippen molar-refractivity contribution in [3.8, 4) is 0 Å². The predicted octanol–water partition coefficient (Wildman–Crippen LogP) is 3.03. The Morgan fingerprint density at radius 2 is 1.74 bits per heavy atom. The second kappa shape index (κ2) is 5.91. The number of pyridine rings is 1. The van der Waals surface area contributed by atoms with Crippen molar-refractivity contribution in [2.45, 2.75) is 32.6 Å². The summed E-state index contributed by atoms with van der Waals surface area (Å²) in [5, 5.41) is 0. The van der Waals surface area contributed by atoms with E-state index in [4.69, 9.17) is 4.74 Å². The zero-order valence-corrected chi connectivity index (χ0v) is 11.8. The number of hydrogen-bond donors (Lipinski definition) is 0. The summed E-state index contributed by atoms with van der Waals surface area (Å²) in [4.78, 5) is 7.09. The number of hydrogen-bond acceptors (Lipinski definition) is 3. The molecule has 0 atom stereocenters. The molecule has 19 heavy (non-hydrogen) atoms. The highest BCUT2D eigenvalue weighted by Gasteiger charge is 2.28. The summed E-state index contributed by atoms with van der Waals surface area (Å²) >= 11 is 0. The first-order valence-electron chi connectivity index (χ1n) is 7.59. The molecular formula is C16H24N2O. The van der Waals surface area contributed by atoms with Crippen molar-refractivity contribution in [1.82, 2.24) is 4.98 Å². The van der Waals surface area contributed by atoms with Crippen molar-refractivity contribution in [2.75, 3.05) is 31.2 Å². The van der Waals surface area contributed by atoms with Crippen molar-refractivity contribution in [2.24, 2.45) is 11.8 Å². The summed E-state index contributed by atoms with van der Waals surface area (Å²) < 4.78 is 5.47. The van der Waals surface area contributed by atoms with Gasteiger partial charge in [-0.05, 0) is 56.6 Å². The fourth-order valence-electron chi connectivity index (χ4n) is 3.49. The van der Waals surface area contributed by atoms with Gasteiger partial charge in [-0.3, -0.25) is 0 Å². The Labute approximate surface area is 116 Å². The first kappa shape index (κ1) is 12.9. The number of nitrogens with zero attached hydrogens (tertiary/aromatic N) is 2. The van der Waals surface area contributed by atoms with Gasteiger partial charge in [0.15, 0.2) is 0 Å². The minimum Gasteiger partial charge on any atom is -0.381 e. The topological polar surface area (TPSA) is 25.4 Å². The normalized spacial score (nSPS) is 22.7. The third-order valence-corrected chi connectivity index (χ3v) is 4.67. The Kier molecular flexibility index (Phi) is 4.02. The second-order valence-corrected chi connectivity index (χ2v) is 5.91. The molecule has 0 amide bonds. The number of rotatable bonds is 2. The average Bonchev–Trinajstić information content (AvgIpc) is 2.48. The van der Waals surface area contributed by atoms with Gasteiger partial charge in [0, 0.05) is 32.0 Å². The molecule has 3 rings (SSSR count). The Hall–Kier alpha value is -1.09. The second-order valence-electron chi connectivity index (χ2n) is 5.91. The molecule has 2 aliphatic rings. The lowest BCUT2D eigenvalue weighted by Crippen LogP contribution is -2.37. The fraction of sp³-hybridized carbons (Fsp3) is 0.688. The first-order valence-corrected chi connectivity index (χ1v) is 7.59. The molecule has 0 unspecified atom stereocenters. The molecular weight excluding hydrogens is 236 g/mol. The average molecular weight is 260 g/mol. The predicted molar refractivity (Wildman–Crippen MR) is 77.5 cm³/mol. The maximum Gasteiger partial charge on any atom is 0.128 e. The van der Waals surface area contributed by atoms with Gasteiger partial charge in [-0.25, -0.2) is 4.98 Å². The largest absolute Gasteiger partial charge is 0.381 e. The summed E-state index contributed by atoms with van der Waals surface area (Å²) in [7, 11) is 0. The van der Waals surface area contributed by atoms with Crippen LogP contribution < -0.4 is 4.90 Å². The van der Waals surface area contributed by atoms with E-state index in [0.717, 1.165) is 36.6 Å². The summed E-state index contributed by atoms with van der Waals surface area (Å²) in [6.45, 7) is 6.35. The maximum absolute atomic E-state index is 5.47. The van der Waals surface area contributed by atoms with E-state index < -0.39 is 0 Å². The zero-order valence-electron chi connectivity index (χ0n) is 11.8. The van der Waals surface area contributed by atoms with Gasteiger partial charge in [0.1, 0.15) is 5.82 Å². The van der Waals surface area contributed by atoms with E-state index in [2.05, 4.69) is 35.0 Å². The third kappa shape index (κ3) is 3.08. The molecule has 104 valence electrons. The highest BCUT2D eigenvalue weighted by molar-refractivity contribution is 5.39. The van der Waals surface area contributed by atoms with Gasteiger partial charge in [-0.15, -0.1) is 0 Å². The van der Waals surface area contributed by atoms with Crippen LogP contribution in [0.1, 0.15) is 31.4 Å². The molecule has 1 aromatic rings. The van der Waals surface area contributed by atoms with Crippen LogP contribution in [0, 0.1) is 18.8 Å². The van der Waals surface area contributed by atoms with Crippen molar-refractivity contribution in [3.05, 3.63) is 23.9 Å². The van der Waals surface area contributed by atoms with Gasteiger partial charge in [0.2, 0.25) is 0 Å². The molecule has 0 bridgehead atoms. The maximum atomic E-state index is 5.47. The van der Waals surface area contributed by atoms with Gasteiger partial charge >= 0.3 is 0 Å². The van der Waals surface area contributed by atoms with Crippen molar-refractivity contribution in [3.63, 3.8) is 0 Å². The summed E-state index contributed by atoms with van der Waals surface area (Å²) in [5.74, 6) is 2.97. The molecule has 0 spiro atoms. The summed E-state index contributed by atoms with van der Waals surface area (Å²) in [5.41, 5.74) is 1.11. The van der Waals surface area contributed by atoms with Crippen molar-refractivity contribution in [1.29, 1.82) is 0 Å². The van der Waals surface area contributed by atoms with Crippen LogP contribution in [0.3, 0.4) is 0 Å². The smallest absolute Gasteiger partial charge is 0.128 e. The first-order chi connectivity index (χ1) is 9.33. The van der Waals surface area contributed by atoms with Gasteiger partial charge in [0.25, 0.3) is 0 Å². The molecule has 3 nitrogen and oxygen atoms in total. The minimum absolute atomic E-state index is 0.904. The lowest BCUT2D eigenvalue weighted by Gasteiger charge is -2.38. The van der Waals surface area contributed by atoms with E-state index in [1.165, 1.54) is 38.8 Å². The standard InChI is InChI=1S/C16H24N2O/c1-13-3-2-4-16(17-13)18-9-5-14(6-10-18)15-7-11-19-12-8-15/h2-4,14-15H,5-12H2,1H3. The zero-order chi connectivity index (χ0) is 13.1. The lowest BCUT2D eigenvalue weighted by atomic mass is 9.80. The minimum atomic E-state index is 0.904. The molecule has 2 fully saturated rings. The van der Waals surface area contributed by atoms with Crippen LogP contribution in [0.4, 0.5) is 5.82 Å². The Morgan fingerprint density at radius 3 is 2.42 bits per heavy atom. The molecule has 0 radical (unpaired) electrons. The molecule has 0 N–H and O–H groups in total. The monoisotopic (exact) mass is 260 g/mol. The number of piperidine rings is 1. The third-order valence-electron chi connectivity index (χ3n) is 4.67. The Morgan fingerprint density at radius 1 is 1.05 bits per heavy atom. The van der Waals surface area contributed by atoms with E-state index in [0.29, 0.717) is 0 Å². The number of aromatic nitrogens is 1. The quantitative estimate of drug-likeness (QED) is 0.817. The molecule has 0 aliphatic carbocycles. The molecule has 3 heterocycles. The molecule has 3 heteroatoms. The van der Waals surface area contributed by atoms with Crippen molar-refractivity contribution >= 4 is 5.82 Å². The van der Waals surface area contributed by atoms with Crippen LogP contribution in [-0.4, -0.2) is 31.3 Å². The van der Waals surface area contributed by atoms with Gasteiger partial charge < -0.3 is 9.64 Å². The van der Waals surface area contributed by atoms with Crippen LogP contribution in [0.15, 0.2) is 18.2 Å². The molecule has 0 saturated carbocycles. The van der Waals surface area contributed by atoms with E-state index in [1.807, 2.05) is 0 Å². The van der Waals surface area contributed by atoms with E-state index in [-0.39, 0.29) is 0 Å². The van der Waals surface area contributed by atoms with Crippen LogP contribution in [0.2, 0.25) is 0 Å². The van der Waals surface area contributed by atoms with Gasteiger partial charge in [-0.2, -0.15) is 0 Å². The van der Waals surface area contributed by atoms with E-state index >= 15 is 0 Å². The SMILES string of the molecule is Cc1cccc(N2CCC(C3CCOCC3)CC2)n1. The number of aryl methyl sites for hydroxylation is 1. The Bertz CT molecular complexity index is 407. The molecule has 0 aromatic carbocycles. The van der Waals surface area contributed by atoms with Crippen molar-refractivity contribution < 1.29 is 4.74 Å². The summed E-state index contributed by atoms with van der Waals surface area (Å²) in [6, 6.07) is 6.32. The molecule has 2 saturated heterocycles. The van der Waals surface area contributed by atoms with E-state index in [1.54, 1.807) is 0 Å². The van der Waals surface area contributed by atoms with E-state index in [9.17, 15) is 0 Å². The van der Waals surface area contributed by atoms with Gasteiger partial charge in [-0.1, -0.05) is 6.07 Å². The number of ether oxygens (including phenoxy) is 1.